The molecule has 0 saturated heterocycles. The number of benzene rings is 1. The maximum absolute atomic E-state index is 12.7. The summed E-state index contributed by atoms with van der Waals surface area (Å²) in [7, 11) is 0. The highest BCUT2D eigenvalue weighted by Crippen LogP contribution is 2.42. The van der Waals surface area contributed by atoms with E-state index in [-0.39, 0.29) is 23.6 Å². The molecule has 1 amide bonds. The lowest BCUT2D eigenvalue weighted by Gasteiger charge is -2.40. The Labute approximate surface area is 145 Å². The third-order valence-corrected chi connectivity index (χ3v) is 4.88. The van der Waals surface area contributed by atoms with Gasteiger partial charge in [-0.1, -0.05) is 12.1 Å². The first-order chi connectivity index (χ1) is 10.8. The van der Waals surface area contributed by atoms with Crippen LogP contribution in [0.4, 0.5) is 5.69 Å². The highest BCUT2D eigenvalue weighted by atomic mass is 35.5. The molecule has 0 radical (unpaired) electrons. The van der Waals surface area contributed by atoms with E-state index >= 15 is 0 Å². The number of thioether (sulfide) groups is 1. The third kappa shape index (κ3) is 4.00. The molecule has 0 bridgehead atoms. The summed E-state index contributed by atoms with van der Waals surface area (Å²) in [6, 6.07) is 6.63. The van der Waals surface area contributed by atoms with Crippen molar-refractivity contribution >= 4 is 40.9 Å². The molecule has 1 aliphatic rings. The second-order valence-corrected chi connectivity index (χ2v) is 7.78. The lowest BCUT2D eigenvalue weighted by Crippen LogP contribution is -2.57. The zero-order valence-corrected chi connectivity index (χ0v) is 15.0. The van der Waals surface area contributed by atoms with E-state index in [9.17, 15) is 9.59 Å². The number of ether oxygens (including phenoxy) is 1. The van der Waals surface area contributed by atoms with Crippen LogP contribution in [0.5, 0.6) is 0 Å². The number of anilines is 1. The number of amides is 1. The Bertz CT molecular complexity index is 603. The van der Waals surface area contributed by atoms with Crippen LogP contribution >= 0.6 is 23.4 Å². The Kier molecular flexibility index (Phi) is 5.60. The molecular weight excluding hydrogens is 336 g/mol. The number of para-hydroxylation sites is 1. The number of carbonyl (C=O) groups is 2. The first-order valence-electron chi connectivity index (χ1n) is 7.35. The van der Waals surface area contributed by atoms with Crippen molar-refractivity contribution in [3.8, 4) is 0 Å². The number of nitrogens with two attached hydrogens (primary N) is 1. The largest absolute Gasteiger partial charge is 0.458 e. The fraction of sp³-hybridized carbons (Fsp3) is 0.500. The molecule has 0 spiro atoms. The summed E-state index contributed by atoms with van der Waals surface area (Å²) in [4.78, 5) is 27.4. The molecule has 1 heterocycles. The van der Waals surface area contributed by atoms with Crippen LogP contribution < -0.4 is 10.6 Å². The number of hydrogen-bond acceptors (Lipinski definition) is 5. The minimum atomic E-state index is -0.787. The molecule has 2 N–H and O–H groups in total. The Morgan fingerprint density at radius 2 is 2.00 bits per heavy atom. The maximum Gasteiger partial charge on any atom is 0.330 e. The van der Waals surface area contributed by atoms with Crippen molar-refractivity contribution in [2.24, 2.45) is 5.73 Å². The molecule has 126 valence electrons. The van der Waals surface area contributed by atoms with Crippen LogP contribution in [0.1, 0.15) is 20.8 Å². The van der Waals surface area contributed by atoms with Gasteiger partial charge < -0.3 is 10.5 Å². The lowest BCUT2D eigenvalue weighted by molar-refractivity contribution is -0.157. The van der Waals surface area contributed by atoms with Crippen molar-refractivity contribution in [3.05, 3.63) is 24.3 Å². The van der Waals surface area contributed by atoms with Crippen LogP contribution in [0, 0.1) is 0 Å². The summed E-state index contributed by atoms with van der Waals surface area (Å²) < 4.78 is 5.50. The van der Waals surface area contributed by atoms with Gasteiger partial charge in [-0.05, 0) is 32.9 Å². The Morgan fingerprint density at radius 1 is 1.35 bits per heavy atom. The van der Waals surface area contributed by atoms with E-state index in [1.807, 2.05) is 18.2 Å². The van der Waals surface area contributed by atoms with Gasteiger partial charge >= 0.3 is 5.97 Å². The highest BCUT2D eigenvalue weighted by molar-refractivity contribution is 8.00. The van der Waals surface area contributed by atoms with E-state index in [4.69, 9.17) is 22.1 Å². The Morgan fingerprint density at radius 3 is 2.57 bits per heavy atom. The summed E-state index contributed by atoms with van der Waals surface area (Å²) in [5.74, 6) is -1.02. The van der Waals surface area contributed by atoms with Gasteiger partial charge in [0.1, 0.15) is 17.5 Å². The molecule has 2 unspecified atom stereocenters. The predicted molar refractivity (Wildman–Crippen MR) is 93.0 cm³/mol. The number of rotatable bonds is 3. The fourth-order valence-electron chi connectivity index (χ4n) is 2.45. The van der Waals surface area contributed by atoms with Crippen molar-refractivity contribution in [1.82, 2.24) is 0 Å². The lowest BCUT2D eigenvalue weighted by atomic mass is 10.1. The van der Waals surface area contributed by atoms with Crippen LogP contribution in [0.25, 0.3) is 0 Å². The molecule has 1 aromatic carbocycles. The number of carbonyl (C=O) groups excluding carboxylic acids is 2. The molecule has 0 fully saturated rings. The molecular formula is C16H21ClN2O3S. The number of alkyl halides is 1. The molecule has 0 saturated carbocycles. The van der Waals surface area contributed by atoms with Gasteiger partial charge in [0.2, 0.25) is 5.91 Å². The second-order valence-electron chi connectivity index (χ2n) is 6.24. The highest BCUT2D eigenvalue weighted by Gasteiger charge is 2.43. The zero-order valence-electron chi connectivity index (χ0n) is 13.4. The molecule has 5 nitrogen and oxygen atoms in total. The second kappa shape index (κ2) is 7.11. The summed E-state index contributed by atoms with van der Waals surface area (Å²) in [6.07, 6.45) is 0. The monoisotopic (exact) mass is 356 g/mol. The van der Waals surface area contributed by atoms with E-state index in [0.717, 1.165) is 4.90 Å². The third-order valence-electron chi connectivity index (χ3n) is 3.30. The Balaban J connectivity index is 2.47. The average molecular weight is 357 g/mol. The standard InChI is InChI=1S/C16H21ClN2O3S/c1-16(2,3)22-15(21)14-12(9-18)23-11-7-5-4-6-10(11)19(14)13(20)8-17/h4-7,12,14H,8-9,18H2,1-3H3. The molecule has 23 heavy (non-hydrogen) atoms. The molecule has 1 aromatic rings. The van der Waals surface area contributed by atoms with Gasteiger partial charge in [0.05, 0.1) is 10.9 Å². The van der Waals surface area contributed by atoms with Crippen LogP contribution in [-0.2, 0) is 14.3 Å². The van der Waals surface area contributed by atoms with Gasteiger partial charge in [-0.2, -0.15) is 0 Å². The van der Waals surface area contributed by atoms with Crippen molar-refractivity contribution in [3.63, 3.8) is 0 Å². The Hall–Kier alpha value is -1.24. The fourth-order valence-corrected chi connectivity index (χ4v) is 3.81. The maximum atomic E-state index is 12.7. The molecule has 2 atom stereocenters. The quantitative estimate of drug-likeness (QED) is 0.665. The first kappa shape index (κ1) is 18.1. The van der Waals surface area contributed by atoms with Crippen molar-refractivity contribution in [2.45, 2.75) is 42.6 Å². The number of hydrogen-bond donors (Lipinski definition) is 1. The van der Waals surface area contributed by atoms with Crippen molar-refractivity contribution in [1.29, 1.82) is 0 Å². The summed E-state index contributed by atoms with van der Waals surface area (Å²) in [5, 5.41) is -0.285. The molecule has 1 aliphatic heterocycles. The number of fused-ring (bicyclic) bond motifs is 1. The van der Waals surface area contributed by atoms with Crippen molar-refractivity contribution < 1.29 is 14.3 Å². The molecule has 0 aliphatic carbocycles. The van der Waals surface area contributed by atoms with E-state index in [0.29, 0.717) is 5.69 Å². The normalized spacial score (nSPS) is 20.8. The zero-order chi connectivity index (χ0) is 17.2. The predicted octanol–water partition coefficient (Wildman–Crippen LogP) is 2.40. The van der Waals surface area contributed by atoms with E-state index in [1.54, 1.807) is 26.8 Å². The van der Waals surface area contributed by atoms with Gasteiger partial charge in [0, 0.05) is 11.4 Å². The molecule has 7 heteroatoms. The minimum Gasteiger partial charge on any atom is -0.458 e. The van der Waals surface area contributed by atoms with Crippen LogP contribution in [0.2, 0.25) is 0 Å². The SMILES string of the molecule is CC(C)(C)OC(=O)C1C(CN)Sc2ccccc2N1C(=O)CCl. The first-order valence-corrected chi connectivity index (χ1v) is 8.76. The van der Waals surface area contributed by atoms with Gasteiger partial charge in [-0.25, -0.2) is 4.79 Å². The van der Waals surface area contributed by atoms with E-state index < -0.39 is 17.6 Å². The number of halogens is 1. The van der Waals surface area contributed by atoms with Crippen LogP contribution in [0.3, 0.4) is 0 Å². The summed E-state index contributed by atoms with van der Waals surface area (Å²) in [5.41, 5.74) is 5.88. The summed E-state index contributed by atoms with van der Waals surface area (Å²) in [6.45, 7) is 5.62. The molecule has 2 rings (SSSR count). The number of nitrogens with zero attached hydrogens (tertiary/aromatic N) is 1. The minimum absolute atomic E-state index is 0.213. The van der Waals surface area contributed by atoms with Gasteiger partial charge in [0.25, 0.3) is 0 Å². The van der Waals surface area contributed by atoms with Gasteiger partial charge in [-0.3, -0.25) is 9.69 Å². The molecule has 0 aromatic heterocycles. The van der Waals surface area contributed by atoms with Crippen LogP contribution in [-0.4, -0.2) is 41.2 Å². The topological polar surface area (TPSA) is 72.6 Å². The van der Waals surface area contributed by atoms with Crippen LogP contribution in [0.15, 0.2) is 29.2 Å². The van der Waals surface area contributed by atoms with Crippen molar-refractivity contribution in [2.75, 3.05) is 17.3 Å². The van der Waals surface area contributed by atoms with Gasteiger partial charge in [-0.15, -0.1) is 23.4 Å². The van der Waals surface area contributed by atoms with E-state index in [1.165, 1.54) is 16.7 Å². The summed E-state index contributed by atoms with van der Waals surface area (Å²) >= 11 is 7.25. The van der Waals surface area contributed by atoms with Gasteiger partial charge in [0.15, 0.2) is 0 Å². The smallest absolute Gasteiger partial charge is 0.330 e. The van der Waals surface area contributed by atoms with E-state index in [2.05, 4.69) is 0 Å². The number of esters is 1. The average Bonchev–Trinajstić information content (AvgIpc) is 2.50.